The van der Waals surface area contributed by atoms with E-state index in [-0.39, 0.29) is 0 Å². The number of ether oxygens (including phenoxy) is 2. The highest BCUT2D eigenvalue weighted by Crippen LogP contribution is 2.26. The van der Waals surface area contributed by atoms with Gasteiger partial charge < -0.3 is 9.47 Å². The van der Waals surface area contributed by atoms with E-state index in [4.69, 9.17) is 32.7 Å². The number of amides is 2. The van der Waals surface area contributed by atoms with Gasteiger partial charge in [-0.25, -0.2) is 9.59 Å². The maximum atomic E-state index is 12.3. The van der Waals surface area contributed by atoms with Crippen LogP contribution in [0.4, 0.5) is 21.0 Å². The summed E-state index contributed by atoms with van der Waals surface area (Å²) in [4.78, 5) is 26.6. The van der Waals surface area contributed by atoms with Crippen LogP contribution in [0.1, 0.15) is 52.7 Å². The minimum absolute atomic E-state index is 0.462. The average Bonchev–Trinajstić information content (AvgIpc) is 2.63. The average molecular weight is 510 g/mol. The third kappa shape index (κ3) is 9.79. The van der Waals surface area contributed by atoms with Gasteiger partial charge in [-0.2, -0.15) is 0 Å². The van der Waals surface area contributed by atoms with Crippen LogP contribution in [0.15, 0.2) is 36.4 Å². The van der Waals surface area contributed by atoms with Crippen LogP contribution in [0.25, 0.3) is 0 Å². The predicted octanol–water partition coefficient (Wildman–Crippen LogP) is 7.32. The molecule has 2 aromatic rings. The van der Waals surface area contributed by atoms with Gasteiger partial charge in [0, 0.05) is 34.5 Å². The standard InChI is InChI=1S/C25H33Cl2N3O4/c1-24(2,3)33-22(31)28-20-10-8-18(26)12-16(20)14-30(7)15-17-13-19(27)9-11-21(17)29-23(32)34-25(4,5)6/h8-13H,14-15H2,1-7H3,(H,28,31)(H,29,32). The lowest BCUT2D eigenvalue weighted by atomic mass is 10.1. The molecule has 2 amide bonds. The number of nitrogens with one attached hydrogen (secondary N) is 2. The van der Waals surface area contributed by atoms with Crippen LogP contribution in [0.3, 0.4) is 0 Å². The fourth-order valence-corrected chi connectivity index (χ4v) is 3.48. The Balaban J connectivity index is 2.18. The summed E-state index contributed by atoms with van der Waals surface area (Å²) in [5.41, 5.74) is 1.59. The summed E-state index contributed by atoms with van der Waals surface area (Å²) in [7, 11) is 1.91. The molecule has 0 bridgehead atoms. The molecule has 0 spiro atoms. The lowest BCUT2D eigenvalue weighted by molar-refractivity contribution is 0.0624. The molecule has 0 saturated carbocycles. The number of carbonyl (C=O) groups excluding carboxylic acids is 2. The van der Waals surface area contributed by atoms with Crippen LogP contribution in [0.5, 0.6) is 0 Å². The van der Waals surface area contributed by atoms with Crippen molar-refractivity contribution in [1.82, 2.24) is 4.90 Å². The van der Waals surface area contributed by atoms with E-state index >= 15 is 0 Å². The van der Waals surface area contributed by atoms with Crippen LogP contribution in [-0.2, 0) is 22.6 Å². The van der Waals surface area contributed by atoms with Crippen molar-refractivity contribution >= 4 is 46.8 Å². The molecule has 0 aromatic heterocycles. The third-order valence-electron chi connectivity index (χ3n) is 4.29. The van der Waals surface area contributed by atoms with Gasteiger partial charge in [-0.15, -0.1) is 0 Å². The van der Waals surface area contributed by atoms with Gasteiger partial charge in [-0.05, 0) is 96.1 Å². The van der Waals surface area contributed by atoms with Gasteiger partial charge in [-0.3, -0.25) is 15.5 Å². The molecule has 0 fully saturated rings. The largest absolute Gasteiger partial charge is 0.444 e. The van der Waals surface area contributed by atoms with E-state index < -0.39 is 23.4 Å². The van der Waals surface area contributed by atoms with Gasteiger partial charge >= 0.3 is 12.2 Å². The monoisotopic (exact) mass is 509 g/mol. The second kappa shape index (κ2) is 11.3. The molecule has 2 rings (SSSR count). The summed E-state index contributed by atoms with van der Waals surface area (Å²) < 4.78 is 10.7. The number of anilines is 2. The Morgan fingerprint density at radius 2 is 1.12 bits per heavy atom. The summed E-state index contributed by atoms with van der Waals surface area (Å²) in [5.74, 6) is 0. The third-order valence-corrected chi connectivity index (χ3v) is 4.76. The maximum absolute atomic E-state index is 12.3. The Kier molecular flexibility index (Phi) is 9.22. The Hall–Kier alpha value is -2.48. The molecule has 0 atom stereocenters. The Morgan fingerprint density at radius 1 is 0.765 bits per heavy atom. The van der Waals surface area contributed by atoms with Crippen molar-refractivity contribution in [3.63, 3.8) is 0 Å². The number of benzene rings is 2. The van der Waals surface area contributed by atoms with Gasteiger partial charge in [0.25, 0.3) is 0 Å². The van der Waals surface area contributed by atoms with Crippen molar-refractivity contribution in [3.8, 4) is 0 Å². The van der Waals surface area contributed by atoms with Crippen molar-refractivity contribution < 1.29 is 19.1 Å². The zero-order valence-electron chi connectivity index (χ0n) is 20.7. The highest BCUT2D eigenvalue weighted by Gasteiger charge is 2.19. The van der Waals surface area contributed by atoms with E-state index in [0.29, 0.717) is 34.5 Å². The number of hydrogen-bond acceptors (Lipinski definition) is 5. The Morgan fingerprint density at radius 3 is 1.44 bits per heavy atom. The second-order valence-electron chi connectivity index (χ2n) is 10.0. The lowest BCUT2D eigenvalue weighted by Crippen LogP contribution is -2.28. The summed E-state index contributed by atoms with van der Waals surface area (Å²) in [5, 5.41) is 6.68. The molecule has 2 aromatic carbocycles. The van der Waals surface area contributed by atoms with E-state index in [2.05, 4.69) is 10.6 Å². The van der Waals surface area contributed by atoms with E-state index in [0.717, 1.165) is 11.1 Å². The van der Waals surface area contributed by atoms with Crippen molar-refractivity contribution in [2.75, 3.05) is 17.7 Å². The molecular weight excluding hydrogens is 477 g/mol. The molecular formula is C25H33Cl2N3O4. The van der Waals surface area contributed by atoms with Crippen molar-refractivity contribution in [2.45, 2.75) is 65.8 Å². The molecule has 186 valence electrons. The zero-order chi connectivity index (χ0) is 25.7. The van der Waals surface area contributed by atoms with Crippen LogP contribution >= 0.6 is 23.2 Å². The summed E-state index contributed by atoms with van der Waals surface area (Å²) in [6.07, 6.45) is -1.09. The minimum Gasteiger partial charge on any atom is -0.444 e. The fraction of sp³-hybridized carbons (Fsp3) is 0.440. The highest BCUT2D eigenvalue weighted by molar-refractivity contribution is 6.31. The molecule has 2 N–H and O–H groups in total. The van der Waals surface area contributed by atoms with E-state index in [1.807, 2.05) is 11.9 Å². The quantitative estimate of drug-likeness (QED) is 0.426. The van der Waals surface area contributed by atoms with Crippen molar-refractivity contribution in [2.24, 2.45) is 0 Å². The summed E-state index contributed by atoms with van der Waals surface area (Å²) in [6, 6.07) is 10.5. The maximum Gasteiger partial charge on any atom is 0.412 e. The topological polar surface area (TPSA) is 79.9 Å². The SMILES string of the molecule is CN(Cc1cc(Cl)ccc1NC(=O)OC(C)(C)C)Cc1cc(Cl)ccc1NC(=O)OC(C)(C)C. The second-order valence-corrected chi connectivity index (χ2v) is 10.9. The molecule has 0 aliphatic heterocycles. The number of rotatable bonds is 6. The van der Waals surface area contributed by atoms with E-state index in [1.54, 1.807) is 77.9 Å². The molecule has 9 heteroatoms. The van der Waals surface area contributed by atoms with Gasteiger partial charge in [0.05, 0.1) is 0 Å². The first-order valence-corrected chi connectivity index (χ1v) is 11.6. The van der Waals surface area contributed by atoms with Gasteiger partial charge in [0.15, 0.2) is 0 Å². The van der Waals surface area contributed by atoms with Crippen molar-refractivity contribution in [1.29, 1.82) is 0 Å². The normalized spacial score (nSPS) is 11.8. The zero-order valence-corrected chi connectivity index (χ0v) is 22.2. The number of nitrogens with zero attached hydrogens (tertiary/aromatic N) is 1. The van der Waals surface area contributed by atoms with Crippen LogP contribution < -0.4 is 10.6 Å². The number of halogens is 2. The molecule has 0 saturated heterocycles. The molecule has 7 nitrogen and oxygen atoms in total. The van der Waals surface area contributed by atoms with E-state index in [9.17, 15) is 9.59 Å². The van der Waals surface area contributed by atoms with E-state index in [1.165, 1.54) is 0 Å². The molecule has 0 heterocycles. The summed E-state index contributed by atoms with van der Waals surface area (Å²) >= 11 is 12.4. The predicted molar refractivity (Wildman–Crippen MR) is 138 cm³/mol. The number of hydrogen-bond donors (Lipinski definition) is 2. The molecule has 0 aliphatic rings. The molecule has 0 radical (unpaired) electrons. The lowest BCUT2D eigenvalue weighted by Gasteiger charge is -2.23. The van der Waals surface area contributed by atoms with Crippen LogP contribution in [0, 0.1) is 0 Å². The van der Waals surface area contributed by atoms with Gasteiger partial charge in [0.2, 0.25) is 0 Å². The first kappa shape index (κ1) is 27.8. The van der Waals surface area contributed by atoms with Gasteiger partial charge in [0.1, 0.15) is 11.2 Å². The Labute approximate surface area is 211 Å². The molecule has 0 aliphatic carbocycles. The van der Waals surface area contributed by atoms with Crippen LogP contribution in [0.2, 0.25) is 10.0 Å². The molecule has 0 unspecified atom stereocenters. The highest BCUT2D eigenvalue weighted by atomic mass is 35.5. The Bertz CT molecular complexity index is 948. The van der Waals surface area contributed by atoms with Gasteiger partial charge in [-0.1, -0.05) is 23.2 Å². The minimum atomic E-state index is -0.614. The van der Waals surface area contributed by atoms with Crippen LogP contribution in [-0.4, -0.2) is 35.3 Å². The smallest absolute Gasteiger partial charge is 0.412 e. The first-order chi connectivity index (χ1) is 15.6. The molecule has 34 heavy (non-hydrogen) atoms. The fourth-order valence-electron chi connectivity index (χ4n) is 3.09. The first-order valence-electron chi connectivity index (χ1n) is 10.9. The summed E-state index contributed by atoms with van der Waals surface area (Å²) in [6.45, 7) is 11.7. The number of carbonyl (C=O) groups is 2. The van der Waals surface area contributed by atoms with Crippen molar-refractivity contribution in [3.05, 3.63) is 57.6 Å².